The summed E-state index contributed by atoms with van der Waals surface area (Å²) in [6, 6.07) is 17.4. The Balaban J connectivity index is 1.76. The highest BCUT2D eigenvalue weighted by molar-refractivity contribution is 7.09. The summed E-state index contributed by atoms with van der Waals surface area (Å²) in [5.41, 5.74) is 2.74. The molecular weight excluding hydrogens is 496 g/mol. The summed E-state index contributed by atoms with van der Waals surface area (Å²) in [6.07, 6.45) is 2.29. The van der Waals surface area contributed by atoms with Gasteiger partial charge in [0.05, 0.1) is 20.8 Å². The van der Waals surface area contributed by atoms with Gasteiger partial charge in [0, 0.05) is 23.5 Å². The zero-order chi connectivity index (χ0) is 27.7. The number of amides is 2. The molecule has 202 valence electrons. The molecule has 0 saturated heterocycles. The Morgan fingerprint density at radius 3 is 2.26 bits per heavy atom. The first-order valence-corrected chi connectivity index (χ1v) is 13.6. The number of carbonyl (C=O) groups excluding carboxylic acids is 2. The maximum atomic E-state index is 13.6. The Morgan fingerprint density at radius 2 is 1.68 bits per heavy atom. The highest BCUT2D eigenvalue weighted by Crippen LogP contribution is 2.28. The second kappa shape index (κ2) is 13.3. The van der Waals surface area contributed by atoms with Crippen molar-refractivity contribution in [2.45, 2.75) is 39.2 Å². The highest BCUT2D eigenvalue weighted by atomic mass is 32.1. The van der Waals surface area contributed by atoms with Crippen LogP contribution in [0.4, 0.5) is 0 Å². The van der Waals surface area contributed by atoms with E-state index in [1.807, 2.05) is 64.9 Å². The van der Waals surface area contributed by atoms with Gasteiger partial charge >= 0.3 is 0 Å². The van der Waals surface area contributed by atoms with Crippen molar-refractivity contribution in [3.63, 3.8) is 0 Å². The Morgan fingerprint density at radius 1 is 0.974 bits per heavy atom. The number of methoxy groups -OCH3 is 2. The number of hydrogen-bond acceptors (Lipinski definition) is 5. The van der Waals surface area contributed by atoms with Gasteiger partial charge in [-0.05, 0) is 58.7 Å². The number of thiophene rings is 1. The van der Waals surface area contributed by atoms with E-state index in [1.165, 1.54) is 0 Å². The van der Waals surface area contributed by atoms with Gasteiger partial charge in [-0.3, -0.25) is 9.59 Å². The van der Waals surface area contributed by atoms with Crippen LogP contribution < -0.4 is 9.47 Å². The fraction of sp³-hybridized carbons (Fsp3) is 0.355. The van der Waals surface area contributed by atoms with E-state index in [-0.39, 0.29) is 30.3 Å². The van der Waals surface area contributed by atoms with Crippen molar-refractivity contribution < 1.29 is 19.1 Å². The lowest BCUT2D eigenvalue weighted by atomic mass is 9.86. The van der Waals surface area contributed by atoms with E-state index < -0.39 is 0 Å². The minimum Gasteiger partial charge on any atom is -0.493 e. The van der Waals surface area contributed by atoms with Crippen LogP contribution in [-0.4, -0.2) is 55.5 Å². The molecule has 0 N–H and O–H groups in total. The van der Waals surface area contributed by atoms with Gasteiger partial charge in [0.1, 0.15) is 6.54 Å². The smallest absolute Gasteiger partial charge is 0.254 e. The van der Waals surface area contributed by atoms with Crippen LogP contribution in [0.25, 0.3) is 0 Å². The Hall–Kier alpha value is -3.58. The van der Waals surface area contributed by atoms with Crippen molar-refractivity contribution in [1.82, 2.24) is 9.80 Å². The summed E-state index contributed by atoms with van der Waals surface area (Å²) in [7, 11) is 3.21. The standard InChI is InChI=1S/C31H38N2O4S/c1-7-17-33(30(35)24-11-13-25(14-12-24)31(2,3)4)22-29(34)32(21-26-9-8-19-38-26)18-16-23-10-15-27(36-5)28(20-23)37-6/h7-15,19-20H,1,16-18,21-22H2,2-6H3. The fourth-order valence-electron chi connectivity index (χ4n) is 4.12. The molecule has 0 aliphatic heterocycles. The Kier molecular flexibility index (Phi) is 10.1. The SMILES string of the molecule is C=CCN(CC(=O)N(CCc1ccc(OC)c(OC)c1)Cc1cccs1)C(=O)c1ccc(C(C)(C)C)cc1. The van der Waals surface area contributed by atoms with E-state index in [2.05, 4.69) is 27.4 Å². The van der Waals surface area contributed by atoms with Gasteiger partial charge in [0.2, 0.25) is 5.91 Å². The van der Waals surface area contributed by atoms with Gasteiger partial charge in [-0.15, -0.1) is 17.9 Å². The molecule has 2 amide bonds. The van der Waals surface area contributed by atoms with Crippen LogP contribution in [0.2, 0.25) is 0 Å². The molecule has 1 aromatic heterocycles. The summed E-state index contributed by atoms with van der Waals surface area (Å²) in [5, 5.41) is 2.00. The third-order valence-electron chi connectivity index (χ3n) is 6.36. The van der Waals surface area contributed by atoms with Gasteiger partial charge < -0.3 is 19.3 Å². The first-order chi connectivity index (χ1) is 18.2. The average Bonchev–Trinajstić information content (AvgIpc) is 3.43. The van der Waals surface area contributed by atoms with E-state index in [0.29, 0.717) is 36.6 Å². The largest absolute Gasteiger partial charge is 0.493 e. The number of rotatable bonds is 12. The molecule has 0 atom stereocenters. The highest BCUT2D eigenvalue weighted by Gasteiger charge is 2.23. The second-order valence-electron chi connectivity index (χ2n) is 10.1. The van der Waals surface area contributed by atoms with E-state index >= 15 is 0 Å². The third kappa shape index (κ3) is 7.71. The van der Waals surface area contributed by atoms with Gasteiger partial charge in [-0.25, -0.2) is 0 Å². The molecule has 0 spiro atoms. The summed E-state index contributed by atoms with van der Waals surface area (Å²) < 4.78 is 10.8. The molecule has 0 aliphatic rings. The molecular formula is C31H38N2O4S. The molecule has 0 unspecified atom stereocenters. The number of benzene rings is 2. The lowest BCUT2D eigenvalue weighted by Gasteiger charge is -2.27. The first-order valence-electron chi connectivity index (χ1n) is 12.7. The van der Waals surface area contributed by atoms with Crippen LogP contribution in [0.5, 0.6) is 11.5 Å². The maximum absolute atomic E-state index is 13.6. The lowest BCUT2D eigenvalue weighted by molar-refractivity contribution is -0.132. The predicted molar refractivity (Wildman–Crippen MR) is 154 cm³/mol. The van der Waals surface area contributed by atoms with Crippen molar-refractivity contribution >= 4 is 23.2 Å². The molecule has 3 aromatic rings. The molecule has 0 radical (unpaired) electrons. The molecule has 0 saturated carbocycles. The summed E-state index contributed by atoms with van der Waals surface area (Å²) in [6.45, 7) is 11.5. The van der Waals surface area contributed by atoms with Gasteiger partial charge in [0.15, 0.2) is 11.5 Å². The number of nitrogens with zero attached hydrogens (tertiary/aromatic N) is 2. The molecule has 0 bridgehead atoms. The Bertz CT molecular complexity index is 1210. The quantitative estimate of drug-likeness (QED) is 0.269. The first kappa shape index (κ1) is 29.0. The van der Waals surface area contributed by atoms with E-state index in [4.69, 9.17) is 9.47 Å². The Labute approximate surface area is 230 Å². The third-order valence-corrected chi connectivity index (χ3v) is 7.22. The van der Waals surface area contributed by atoms with Crippen LogP contribution >= 0.6 is 11.3 Å². The zero-order valence-corrected chi connectivity index (χ0v) is 23.8. The number of carbonyl (C=O) groups is 2. The van der Waals surface area contributed by atoms with E-state index in [9.17, 15) is 9.59 Å². The summed E-state index contributed by atoms with van der Waals surface area (Å²) in [4.78, 5) is 31.4. The predicted octanol–water partition coefficient (Wildman–Crippen LogP) is 5.96. The molecule has 0 aliphatic carbocycles. The summed E-state index contributed by atoms with van der Waals surface area (Å²) >= 11 is 1.61. The second-order valence-corrected chi connectivity index (χ2v) is 11.2. The fourth-order valence-corrected chi connectivity index (χ4v) is 4.84. The van der Waals surface area contributed by atoms with E-state index in [1.54, 1.807) is 36.5 Å². The van der Waals surface area contributed by atoms with Crippen LogP contribution in [0.3, 0.4) is 0 Å². The molecule has 7 heteroatoms. The van der Waals surface area contributed by atoms with Gasteiger partial charge in [-0.1, -0.05) is 51.1 Å². The van der Waals surface area contributed by atoms with Crippen LogP contribution in [0.1, 0.15) is 47.1 Å². The molecule has 38 heavy (non-hydrogen) atoms. The van der Waals surface area contributed by atoms with Crippen molar-refractivity contribution in [3.05, 3.63) is 94.2 Å². The average molecular weight is 535 g/mol. The lowest BCUT2D eigenvalue weighted by Crippen LogP contribution is -2.43. The summed E-state index contributed by atoms with van der Waals surface area (Å²) in [5.74, 6) is 1.02. The van der Waals surface area contributed by atoms with Gasteiger partial charge in [-0.2, -0.15) is 0 Å². The molecule has 3 rings (SSSR count). The van der Waals surface area contributed by atoms with Crippen molar-refractivity contribution in [2.24, 2.45) is 0 Å². The maximum Gasteiger partial charge on any atom is 0.254 e. The molecule has 2 aromatic carbocycles. The zero-order valence-electron chi connectivity index (χ0n) is 23.0. The minimum atomic E-state index is -0.185. The number of ether oxygens (including phenoxy) is 2. The van der Waals surface area contributed by atoms with Crippen molar-refractivity contribution in [2.75, 3.05) is 33.9 Å². The van der Waals surface area contributed by atoms with E-state index in [0.717, 1.165) is 16.0 Å². The minimum absolute atomic E-state index is 0.00541. The van der Waals surface area contributed by atoms with Crippen LogP contribution in [0, 0.1) is 0 Å². The van der Waals surface area contributed by atoms with Crippen LogP contribution in [-0.2, 0) is 23.2 Å². The van der Waals surface area contributed by atoms with Gasteiger partial charge in [0.25, 0.3) is 5.91 Å². The number of hydrogen-bond donors (Lipinski definition) is 0. The molecule has 0 fully saturated rings. The monoisotopic (exact) mass is 534 g/mol. The van der Waals surface area contributed by atoms with Crippen molar-refractivity contribution in [1.29, 1.82) is 0 Å². The van der Waals surface area contributed by atoms with Crippen LogP contribution in [0.15, 0.2) is 72.6 Å². The molecule has 1 heterocycles. The van der Waals surface area contributed by atoms with Crippen molar-refractivity contribution in [3.8, 4) is 11.5 Å². The normalized spacial score (nSPS) is 11.1. The topological polar surface area (TPSA) is 59.1 Å². The molecule has 6 nitrogen and oxygen atoms in total.